The van der Waals surface area contributed by atoms with E-state index in [0.29, 0.717) is 26.3 Å². The van der Waals surface area contributed by atoms with Crippen LogP contribution in [0.3, 0.4) is 0 Å². The highest BCUT2D eigenvalue weighted by Crippen LogP contribution is 2.33. The number of nitrogens with one attached hydrogen (secondary N) is 1. The minimum Gasteiger partial charge on any atom is -0.490 e. The summed E-state index contributed by atoms with van der Waals surface area (Å²) in [4.78, 5) is 13.9. The van der Waals surface area contributed by atoms with Crippen molar-refractivity contribution in [1.82, 2.24) is 10.2 Å². The largest absolute Gasteiger partial charge is 0.490 e. The second-order valence-electron chi connectivity index (χ2n) is 5.03. The molecule has 0 unspecified atom stereocenters. The highest BCUT2D eigenvalue weighted by atomic mass is 16.5. The lowest BCUT2D eigenvalue weighted by Gasteiger charge is -2.29. The second-order valence-corrected chi connectivity index (χ2v) is 5.03. The van der Waals surface area contributed by atoms with Crippen LogP contribution in [0.2, 0.25) is 0 Å². The maximum Gasteiger partial charge on any atom is 0.236 e. The number of carbonyl (C=O) groups is 1. The van der Waals surface area contributed by atoms with Crippen molar-refractivity contribution in [2.45, 2.75) is 26.8 Å². The normalized spacial score (nSPS) is 13.8. The van der Waals surface area contributed by atoms with Crippen molar-refractivity contribution in [3.05, 3.63) is 23.3 Å². The first kappa shape index (κ1) is 15.6. The van der Waals surface area contributed by atoms with Crippen LogP contribution in [0.4, 0.5) is 0 Å². The molecule has 0 aromatic heterocycles. The Morgan fingerprint density at radius 3 is 2.38 bits per heavy atom. The van der Waals surface area contributed by atoms with Crippen LogP contribution >= 0.6 is 0 Å². The van der Waals surface area contributed by atoms with E-state index >= 15 is 0 Å². The molecule has 1 amide bonds. The quantitative estimate of drug-likeness (QED) is 0.865. The average Bonchev–Trinajstić information content (AvgIpc) is 2.48. The molecule has 21 heavy (non-hydrogen) atoms. The molecule has 1 aromatic rings. The Bertz CT molecular complexity index is 503. The van der Waals surface area contributed by atoms with Gasteiger partial charge in [-0.3, -0.25) is 4.79 Å². The third-order valence-corrected chi connectivity index (χ3v) is 3.56. The van der Waals surface area contributed by atoms with E-state index in [-0.39, 0.29) is 5.91 Å². The summed E-state index contributed by atoms with van der Waals surface area (Å²) >= 11 is 0. The van der Waals surface area contributed by atoms with Crippen molar-refractivity contribution >= 4 is 5.91 Å². The average molecular weight is 292 g/mol. The van der Waals surface area contributed by atoms with Gasteiger partial charge < -0.3 is 19.7 Å². The molecule has 116 valence electrons. The Balaban J connectivity index is 2.22. The number of amides is 1. The van der Waals surface area contributed by atoms with E-state index in [9.17, 15) is 4.79 Å². The Labute approximate surface area is 126 Å². The van der Waals surface area contributed by atoms with Gasteiger partial charge in [-0.05, 0) is 50.6 Å². The van der Waals surface area contributed by atoms with Gasteiger partial charge in [0.2, 0.25) is 5.91 Å². The van der Waals surface area contributed by atoms with Gasteiger partial charge in [-0.15, -0.1) is 0 Å². The number of likely N-dealkylation sites (N-methyl/N-ethyl adjacent to an activating group) is 1. The summed E-state index contributed by atoms with van der Waals surface area (Å²) in [6.07, 6.45) is 0.858. The van der Waals surface area contributed by atoms with Gasteiger partial charge in [-0.1, -0.05) is 0 Å². The van der Waals surface area contributed by atoms with Crippen LogP contribution < -0.4 is 14.8 Å². The summed E-state index contributed by atoms with van der Waals surface area (Å²) in [5.74, 6) is 1.70. The lowest BCUT2D eigenvalue weighted by atomic mass is 9.98. The zero-order valence-corrected chi connectivity index (χ0v) is 13.1. The molecule has 0 aliphatic carbocycles. The van der Waals surface area contributed by atoms with Crippen molar-refractivity contribution in [2.24, 2.45) is 0 Å². The van der Waals surface area contributed by atoms with Crippen molar-refractivity contribution in [3.8, 4) is 11.5 Å². The highest BCUT2D eigenvalue weighted by Gasteiger charge is 2.22. The molecule has 0 saturated carbocycles. The predicted octanol–water partition coefficient (Wildman–Crippen LogP) is 1.59. The summed E-state index contributed by atoms with van der Waals surface area (Å²) in [5, 5.41) is 2.91. The summed E-state index contributed by atoms with van der Waals surface area (Å²) in [7, 11) is 1.79. The molecule has 0 saturated heterocycles. The number of ether oxygens (including phenoxy) is 2. The minimum atomic E-state index is 0.134. The van der Waals surface area contributed by atoms with Gasteiger partial charge in [0.1, 0.15) is 0 Å². The number of nitrogens with zero attached hydrogens (tertiary/aromatic N) is 1. The van der Waals surface area contributed by atoms with Gasteiger partial charge in [0, 0.05) is 13.1 Å². The maximum atomic E-state index is 12.0. The molecule has 1 aromatic carbocycles. The first-order valence-electron chi connectivity index (χ1n) is 7.53. The Morgan fingerprint density at radius 1 is 1.19 bits per heavy atom. The Hall–Kier alpha value is -1.75. The highest BCUT2D eigenvalue weighted by molar-refractivity contribution is 5.78. The molecular formula is C16H24N2O3. The summed E-state index contributed by atoms with van der Waals surface area (Å²) in [6.45, 7) is 6.91. The fourth-order valence-corrected chi connectivity index (χ4v) is 2.58. The minimum absolute atomic E-state index is 0.134. The third-order valence-electron chi connectivity index (χ3n) is 3.56. The van der Waals surface area contributed by atoms with Gasteiger partial charge in [-0.2, -0.15) is 0 Å². The van der Waals surface area contributed by atoms with Crippen molar-refractivity contribution in [3.63, 3.8) is 0 Å². The molecule has 1 heterocycles. The Morgan fingerprint density at radius 2 is 1.81 bits per heavy atom. The van der Waals surface area contributed by atoms with Crippen molar-refractivity contribution < 1.29 is 14.3 Å². The number of carbonyl (C=O) groups excluding carboxylic acids is 1. The molecule has 1 N–H and O–H groups in total. The molecule has 1 aliphatic rings. The smallest absolute Gasteiger partial charge is 0.236 e. The van der Waals surface area contributed by atoms with Crippen LogP contribution in [0.5, 0.6) is 11.5 Å². The van der Waals surface area contributed by atoms with Crippen LogP contribution in [0.15, 0.2) is 12.1 Å². The fourth-order valence-electron chi connectivity index (χ4n) is 2.58. The van der Waals surface area contributed by atoms with E-state index < -0.39 is 0 Å². The van der Waals surface area contributed by atoms with Crippen molar-refractivity contribution in [2.75, 3.05) is 33.4 Å². The molecule has 2 rings (SSSR count). The molecule has 5 heteroatoms. The van der Waals surface area contributed by atoms with Gasteiger partial charge in [0.25, 0.3) is 0 Å². The number of fused-ring (bicyclic) bond motifs is 1. The first-order chi connectivity index (χ1) is 10.2. The Kier molecular flexibility index (Phi) is 5.44. The molecule has 5 nitrogen and oxygen atoms in total. The third kappa shape index (κ3) is 3.67. The van der Waals surface area contributed by atoms with E-state index in [1.165, 1.54) is 5.56 Å². The predicted molar refractivity (Wildman–Crippen MR) is 81.8 cm³/mol. The van der Waals surface area contributed by atoms with Crippen LogP contribution in [0, 0.1) is 0 Å². The van der Waals surface area contributed by atoms with Gasteiger partial charge in [0.05, 0.1) is 19.8 Å². The van der Waals surface area contributed by atoms with Crippen LogP contribution in [0.25, 0.3) is 0 Å². The molecule has 0 radical (unpaired) electrons. The summed E-state index contributed by atoms with van der Waals surface area (Å²) < 4.78 is 11.3. The number of hydrogen-bond donors (Lipinski definition) is 1. The number of rotatable bonds is 6. The molecule has 0 atom stereocenters. The lowest BCUT2D eigenvalue weighted by Crippen LogP contribution is -2.40. The van der Waals surface area contributed by atoms with Crippen molar-refractivity contribution in [1.29, 1.82) is 0 Å². The van der Waals surface area contributed by atoms with Gasteiger partial charge in [0.15, 0.2) is 11.5 Å². The monoisotopic (exact) mass is 292 g/mol. The zero-order valence-electron chi connectivity index (χ0n) is 13.1. The SMILES string of the molecule is CCOc1cc2c(cc1OCC)CN(C(=O)CNC)CC2. The van der Waals surface area contributed by atoms with Crippen LogP contribution in [0.1, 0.15) is 25.0 Å². The van der Waals surface area contributed by atoms with E-state index in [1.807, 2.05) is 24.8 Å². The summed E-state index contributed by atoms with van der Waals surface area (Å²) in [6, 6.07) is 4.08. The van der Waals surface area contributed by atoms with Gasteiger partial charge in [-0.25, -0.2) is 0 Å². The zero-order chi connectivity index (χ0) is 15.2. The van der Waals surface area contributed by atoms with E-state index in [1.54, 1.807) is 7.05 Å². The molecule has 0 bridgehead atoms. The molecule has 0 spiro atoms. The lowest BCUT2D eigenvalue weighted by molar-refractivity contribution is -0.131. The second kappa shape index (κ2) is 7.31. The topological polar surface area (TPSA) is 50.8 Å². The van der Waals surface area contributed by atoms with E-state index in [4.69, 9.17) is 9.47 Å². The molecule has 0 fully saturated rings. The van der Waals surface area contributed by atoms with Gasteiger partial charge >= 0.3 is 0 Å². The molecular weight excluding hydrogens is 268 g/mol. The fraction of sp³-hybridized carbons (Fsp3) is 0.562. The van der Waals surface area contributed by atoms with E-state index in [0.717, 1.165) is 30.0 Å². The molecule has 1 aliphatic heterocycles. The number of hydrogen-bond acceptors (Lipinski definition) is 4. The number of benzene rings is 1. The maximum absolute atomic E-state index is 12.0. The van der Waals surface area contributed by atoms with Crippen LogP contribution in [-0.2, 0) is 17.8 Å². The van der Waals surface area contributed by atoms with E-state index in [2.05, 4.69) is 11.4 Å². The summed E-state index contributed by atoms with van der Waals surface area (Å²) in [5.41, 5.74) is 2.40. The standard InChI is InChI=1S/C16H24N2O3/c1-4-20-14-8-12-6-7-18(16(19)10-17-3)11-13(12)9-15(14)21-5-2/h8-9,17H,4-7,10-11H2,1-3H3. The first-order valence-corrected chi connectivity index (χ1v) is 7.53. The van der Waals surface area contributed by atoms with Crippen LogP contribution in [-0.4, -0.2) is 44.2 Å².